The van der Waals surface area contributed by atoms with Crippen molar-refractivity contribution in [2.45, 2.75) is 25.9 Å². The number of nitriles is 1. The highest BCUT2D eigenvalue weighted by molar-refractivity contribution is 5.90. The number of hydrogen-bond acceptors (Lipinski definition) is 6. The van der Waals surface area contributed by atoms with Gasteiger partial charge in [0, 0.05) is 19.2 Å². The molecule has 0 saturated carbocycles. The first-order chi connectivity index (χ1) is 14.0. The molecule has 1 aromatic carbocycles. The fourth-order valence-electron chi connectivity index (χ4n) is 3.41. The van der Waals surface area contributed by atoms with Gasteiger partial charge in [-0.05, 0) is 38.0 Å². The number of cyclic esters (lactones) is 1. The Morgan fingerprint density at radius 1 is 1.45 bits per heavy atom. The lowest BCUT2D eigenvalue weighted by Crippen LogP contribution is -2.35. The molecule has 0 aliphatic carbocycles. The van der Waals surface area contributed by atoms with Crippen molar-refractivity contribution in [3.05, 3.63) is 35.7 Å². The van der Waals surface area contributed by atoms with E-state index in [1.807, 2.05) is 11.0 Å². The number of carbonyl (C=O) groups is 2. The molecule has 29 heavy (non-hydrogen) atoms. The lowest BCUT2D eigenvalue weighted by Gasteiger charge is -2.30. The molecule has 2 heterocycles. The summed E-state index contributed by atoms with van der Waals surface area (Å²) in [6, 6.07) is 6.69. The zero-order valence-electron chi connectivity index (χ0n) is 16.2. The fraction of sp³-hybridized carbons (Fsp3) is 0.450. The van der Waals surface area contributed by atoms with Crippen molar-refractivity contribution >= 4 is 23.6 Å². The van der Waals surface area contributed by atoms with Crippen molar-refractivity contribution in [3.63, 3.8) is 0 Å². The third-order valence-corrected chi connectivity index (χ3v) is 4.88. The maximum atomic E-state index is 14.7. The van der Waals surface area contributed by atoms with E-state index in [2.05, 4.69) is 5.32 Å². The summed E-state index contributed by atoms with van der Waals surface area (Å²) >= 11 is 0. The largest absolute Gasteiger partial charge is 0.450 e. The van der Waals surface area contributed by atoms with Gasteiger partial charge in [0.05, 0.1) is 37.1 Å². The average Bonchev–Trinajstić information content (AvgIpc) is 3.08. The molecule has 1 unspecified atom stereocenters. The van der Waals surface area contributed by atoms with Crippen molar-refractivity contribution in [2.24, 2.45) is 0 Å². The number of benzene rings is 1. The van der Waals surface area contributed by atoms with Crippen molar-refractivity contribution < 1.29 is 23.5 Å². The van der Waals surface area contributed by atoms with Crippen molar-refractivity contribution in [1.29, 1.82) is 5.26 Å². The van der Waals surface area contributed by atoms with E-state index in [4.69, 9.17) is 14.7 Å². The second-order valence-corrected chi connectivity index (χ2v) is 6.77. The summed E-state index contributed by atoms with van der Waals surface area (Å²) in [5.41, 5.74) is 1.94. The molecule has 2 amide bonds. The summed E-state index contributed by atoms with van der Waals surface area (Å²) in [5.74, 6) is -0.420. The minimum Gasteiger partial charge on any atom is -0.450 e. The number of piperidine rings is 1. The van der Waals surface area contributed by atoms with Crippen LogP contribution in [0, 0.1) is 17.1 Å². The fourth-order valence-corrected chi connectivity index (χ4v) is 3.41. The van der Waals surface area contributed by atoms with E-state index in [9.17, 15) is 14.0 Å². The van der Waals surface area contributed by atoms with Gasteiger partial charge in [0.25, 0.3) is 0 Å². The SMILES string of the molecule is CCOC(=O)NCC1CN(c2ccc(N3CCC(=CC#N)CC3)c(F)c2)C(=O)O1. The maximum absolute atomic E-state index is 14.7. The highest BCUT2D eigenvalue weighted by Gasteiger charge is 2.33. The number of nitrogens with one attached hydrogen (secondary N) is 1. The topological polar surface area (TPSA) is 94.9 Å². The molecule has 0 radical (unpaired) electrons. The highest BCUT2D eigenvalue weighted by atomic mass is 19.1. The first kappa shape index (κ1) is 20.5. The molecule has 0 bridgehead atoms. The number of carbonyl (C=O) groups excluding carboxylic acids is 2. The smallest absolute Gasteiger partial charge is 0.414 e. The number of amides is 2. The summed E-state index contributed by atoms with van der Waals surface area (Å²) in [7, 11) is 0. The predicted octanol–water partition coefficient (Wildman–Crippen LogP) is 2.95. The van der Waals surface area contributed by atoms with E-state index >= 15 is 0 Å². The van der Waals surface area contributed by atoms with Gasteiger partial charge in [0.1, 0.15) is 11.9 Å². The average molecular weight is 402 g/mol. The van der Waals surface area contributed by atoms with Gasteiger partial charge in [-0.15, -0.1) is 0 Å². The summed E-state index contributed by atoms with van der Waals surface area (Å²) in [5, 5.41) is 11.3. The van der Waals surface area contributed by atoms with Crippen LogP contribution < -0.4 is 15.1 Å². The van der Waals surface area contributed by atoms with Gasteiger partial charge in [-0.25, -0.2) is 14.0 Å². The Morgan fingerprint density at radius 3 is 2.86 bits per heavy atom. The monoisotopic (exact) mass is 402 g/mol. The van der Waals surface area contributed by atoms with Crippen LogP contribution in [0.25, 0.3) is 0 Å². The number of anilines is 2. The van der Waals surface area contributed by atoms with Gasteiger partial charge in [-0.3, -0.25) is 4.90 Å². The Labute approximate surface area is 168 Å². The number of hydrogen-bond donors (Lipinski definition) is 1. The molecule has 2 saturated heterocycles. The van der Waals surface area contributed by atoms with Crippen LogP contribution in [-0.2, 0) is 9.47 Å². The zero-order valence-corrected chi connectivity index (χ0v) is 16.2. The number of nitrogens with zero attached hydrogens (tertiary/aromatic N) is 3. The number of alkyl carbamates (subject to hydrolysis) is 1. The van der Waals surface area contributed by atoms with E-state index in [1.54, 1.807) is 25.1 Å². The number of rotatable bonds is 5. The molecule has 0 spiro atoms. The van der Waals surface area contributed by atoms with E-state index in [-0.39, 0.29) is 19.7 Å². The summed E-state index contributed by atoms with van der Waals surface area (Å²) < 4.78 is 24.7. The van der Waals surface area contributed by atoms with Crippen LogP contribution in [0.2, 0.25) is 0 Å². The Balaban J connectivity index is 1.61. The van der Waals surface area contributed by atoms with E-state index in [0.717, 1.165) is 18.4 Å². The van der Waals surface area contributed by atoms with Crippen LogP contribution in [0.5, 0.6) is 0 Å². The Morgan fingerprint density at radius 2 is 2.21 bits per heavy atom. The lowest BCUT2D eigenvalue weighted by molar-refractivity contribution is 0.127. The molecular weight excluding hydrogens is 379 g/mol. The number of allylic oxidation sites excluding steroid dienone is 1. The molecule has 9 heteroatoms. The highest BCUT2D eigenvalue weighted by Crippen LogP contribution is 2.30. The van der Waals surface area contributed by atoms with Gasteiger partial charge in [-0.1, -0.05) is 5.57 Å². The lowest BCUT2D eigenvalue weighted by atomic mass is 10.0. The molecule has 1 atom stereocenters. The van der Waals surface area contributed by atoms with Gasteiger partial charge >= 0.3 is 12.2 Å². The molecule has 1 aromatic rings. The normalized spacial score (nSPS) is 18.9. The second-order valence-electron chi connectivity index (χ2n) is 6.77. The number of ether oxygens (including phenoxy) is 2. The minimum atomic E-state index is -0.586. The van der Waals surface area contributed by atoms with Gasteiger partial charge < -0.3 is 19.7 Å². The molecule has 2 aliphatic rings. The molecule has 0 aromatic heterocycles. The van der Waals surface area contributed by atoms with Crippen molar-refractivity contribution in [3.8, 4) is 6.07 Å². The van der Waals surface area contributed by atoms with Gasteiger partial charge in [0.15, 0.2) is 0 Å². The molecule has 2 aliphatic heterocycles. The summed E-state index contributed by atoms with van der Waals surface area (Å²) in [6.45, 7) is 3.54. The van der Waals surface area contributed by atoms with Gasteiger partial charge in [0.2, 0.25) is 0 Å². The first-order valence-electron chi connectivity index (χ1n) is 9.52. The molecular formula is C20H23FN4O4. The van der Waals surface area contributed by atoms with Crippen LogP contribution in [-0.4, -0.2) is 51.1 Å². The Kier molecular flexibility index (Phi) is 6.54. The molecule has 3 rings (SSSR count). The quantitative estimate of drug-likeness (QED) is 0.761. The van der Waals surface area contributed by atoms with E-state index in [1.165, 1.54) is 11.0 Å². The molecule has 1 N–H and O–H groups in total. The summed E-state index contributed by atoms with van der Waals surface area (Å²) in [4.78, 5) is 26.8. The van der Waals surface area contributed by atoms with Gasteiger partial charge in [-0.2, -0.15) is 5.26 Å². The van der Waals surface area contributed by atoms with Crippen LogP contribution in [0.15, 0.2) is 29.8 Å². The van der Waals surface area contributed by atoms with Crippen molar-refractivity contribution in [1.82, 2.24) is 5.32 Å². The summed E-state index contributed by atoms with van der Waals surface area (Å²) in [6.07, 6.45) is 1.30. The molecule has 2 fully saturated rings. The second kappa shape index (κ2) is 9.28. The minimum absolute atomic E-state index is 0.119. The first-order valence-corrected chi connectivity index (χ1v) is 9.52. The third kappa shape index (κ3) is 4.96. The zero-order chi connectivity index (χ0) is 20.8. The van der Waals surface area contributed by atoms with Crippen LogP contribution in [0.1, 0.15) is 19.8 Å². The predicted molar refractivity (Wildman–Crippen MR) is 104 cm³/mol. The van der Waals surface area contributed by atoms with Crippen molar-refractivity contribution in [2.75, 3.05) is 42.6 Å². The van der Waals surface area contributed by atoms with Crippen LogP contribution in [0.3, 0.4) is 0 Å². The number of halogens is 1. The van der Waals surface area contributed by atoms with E-state index < -0.39 is 24.1 Å². The molecule has 8 nitrogen and oxygen atoms in total. The van der Waals surface area contributed by atoms with E-state index in [0.29, 0.717) is 24.5 Å². The third-order valence-electron chi connectivity index (χ3n) is 4.88. The maximum Gasteiger partial charge on any atom is 0.414 e. The van der Waals surface area contributed by atoms with Crippen LogP contribution >= 0.6 is 0 Å². The molecule has 154 valence electrons. The Bertz CT molecular complexity index is 841. The standard InChI is InChI=1S/C20H23FN4O4/c1-2-28-19(26)23-12-16-13-25(20(27)29-16)15-3-4-18(17(21)11-15)24-9-6-14(5-8-22)7-10-24/h3-5,11,16H,2,6-7,9-10,12-13H2,1H3,(H,23,26). The Hall–Kier alpha value is -3.28. The van der Waals surface area contributed by atoms with Crippen LogP contribution in [0.4, 0.5) is 25.4 Å².